The number of benzene rings is 6. The van der Waals surface area contributed by atoms with E-state index in [0.717, 1.165) is 22.2 Å². The predicted molar refractivity (Wildman–Crippen MR) is 144 cm³/mol. The minimum absolute atomic E-state index is 0.926. The lowest BCUT2D eigenvalue weighted by Crippen LogP contribution is -1.80. The summed E-state index contributed by atoms with van der Waals surface area (Å²) in [4.78, 5) is 3.71. The summed E-state index contributed by atoms with van der Waals surface area (Å²) in [7, 11) is 0. The second-order valence-electron chi connectivity index (χ2n) is 9.01. The van der Waals surface area contributed by atoms with Crippen LogP contribution in [0.4, 0.5) is 0 Å². The molecule has 6 aromatic carbocycles. The van der Waals surface area contributed by atoms with Crippen molar-refractivity contribution in [2.24, 2.45) is 0 Å². The summed E-state index contributed by atoms with van der Waals surface area (Å²) >= 11 is 0. The number of aromatic amines is 1. The smallest absolute Gasteiger partial charge is 0.160 e. The van der Waals surface area contributed by atoms with Crippen LogP contribution in [0.5, 0.6) is 0 Å². The van der Waals surface area contributed by atoms with Crippen molar-refractivity contribution >= 4 is 65.3 Å². The number of fused-ring (bicyclic) bond motifs is 12. The van der Waals surface area contributed by atoms with Gasteiger partial charge >= 0.3 is 0 Å². The van der Waals surface area contributed by atoms with Gasteiger partial charge in [0.15, 0.2) is 5.58 Å². The summed E-state index contributed by atoms with van der Waals surface area (Å²) in [5, 5.41) is 9.75. The number of furan rings is 1. The highest BCUT2D eigenvalue weighted by Crippen LogP contribution is 2.45. The van der Waals surface area contributed by atoms with Crippen molar-refractivity contribution in [3.63, 3.8) is 0 Å². The lowest BCUT2D eigenvalue weighted by atomic mass is 9.96. The molecule has 0 amide bonds. The van der Waals surface area contributed by atoms with Crippen molar-refractivity contribution < 1.29 is 4.42 Å². The Kier molecular flexibility index (Phi) is 3.42. The molecule has 2 heterocycles. The molecule has 2 heteroatoms. The topological polar surface area (TPSA) is 28.9 Å². The van der Waals surface area contributed by atoms with Gasteiger partial charge in [-0.15, -0.1) is 0 Å². The molecule has 0 bridgehead atoms. The van der Waals surface area contributed by atoms with Crippen LogP contribution in [0.2, 0.25) is 0 Å². The molecule has 0 unspecified atom stereocenters. The van der Waals surface area contributed by atoms with Crippen LogP contribution in [0.15, 0.2) is 114 Å². The summed E-state index contributed by atoms with van der Waals surface area (Å²) in [6.07, 6.45) is 0. The molecule has 158 valence electrons. The Labute approximate surface area is 195 Å². The van der Waals surface area contributed by atoms with E-state index in [4.69, 9.17) is 4.42 Å². The minimum Gasteiger partial charge on any atom is -0.454 e. The van der Waals surface area contributed by atoms with E-state index in [1.165, 1.54) is 54.2 Å². The van der Waals surface area contributed by atoms with Gasteiger partial charge in [-0.1, -0.05) is 91.0 Å². The van der Waals surface area contributed by atoms with E-state index in [1.54, 1.807) is 0 Å². The number of aromatic nitrogens is 1. The second-order valence-corrected chi connectivity index (χ2v) is 9.01. The van der Waals surface area contributed by atoms with Gasteiger partial charge in [-0.2, -0.15) is 0 Å². The highest BCUT2D eigenvalue weighted by molar-refractivity contribution is 6.37. The molecule has 0 radical (unpaired) electrons. The molecule has 8 rings (SSSR count). The van der Waals surface area contributed by atoms with E-state index in [9.17, 15) is 0 Å². The zero-order valence-electron chi connectivity index (χ0n) is 18.3. The Hall–Kier alpha value is -4.56. The van der Waals surface area contributed by atoms with Gasteiger partial charge in [-0.05, 0) is 50.9 Å². The van der Waals surface area contributed by atoms with Gasteiger partial charge in [0.1, 0.15) is 5.58 Å². The standard InChI is InChI=1S/C32H19NO/c1-2-8-19(9-3-1)21-14-16-26-25(18-21)28-23-12-6-7-13-24(23)30-29-22-11-5-4-10-20(22)15-17-27(29)34-32(30)31(28)33-26/h1-18,33H. The Morgan fingerprint density at radius 1 is 0.500 bits per heavy atom. The van der Waals surface area contributed by atoms with Crippen molar-refractivity contribution in [1.82, 2.24) is 4.98 Å². The van der Waals surface area contributed by atoms with Crippen LogP contribution in [-0.2, 0) is 0 Å². The maximum atomic E-state index is 6.60. The average Bonchev–Trinajstić information content (AvgIpc) is 3.48. The largest absolute Gasteiger partial charge is 0.454 e. The molecule has 0 saturated carbocycles. The van der Waals surface area contributed by atoms with Crippen LogP contribution >= 0.6 is 0 Å². The molecule has 0 atom stereocenters. The van der Waals surface area contributed by atoms with E-state index in [1.807, 2.05) is 0 Å². The molecule has 0 saturated heterocycles. The molecule has 0 spiro atoms. The monoisotopic (exact) mass is 433 g/mol. The maximum absolute atomic E-state index is 6.60. The van der Waals surface area contributed by atoms with Crippen molar-refractivity contribution in [3.8, 4) is 11.1 Å². The molecule has 0 aliphatic carbocycles. The van der Waals surface area contributed by atoms with Crippen LogP contribution in [0.25, 0.3) is 76.4 Å². The number of H-pyrrole nitrogens is 1. The van der Waals surface area contributed by atoms with Gasteiger partial charge in [0.25, 0.3) is 0 Å². The molecule has 0 fully saturated rings. The summed E-state index contributed by atoms with van der Waals surface area (Å²) in [5.74, 6) is 0. The molecular weight excluding hydrogens is 414 g/mol. The number of nitrogens with one attached hydrogen (secondary N) is 1. The lowest BCUT2D eigenvalue weighted by molar-refractivity contribution is 0.672. The SMILES string of the molecule is c1ccc(-c2ccc3[nH]c4c5oc6ccc7ccccc7c6c5c5ccccc5c4c3c2)cc1. The highest BCUT2D eigenvalue weighted by atomic mass is 16.3. The van der Waals surface area contributed by atoms with Gasteiger partial charge in [0.05, 0.1) is 5.52 Å². The quantitative estimate of drug-likeness (QED) is 0.275. The van der Waals surface area contributed by atoms with Crippen LogP contribution in [-0.4, -0.2) is 4.98 Å². The maximum Gasteiger partial charge on any atom is 0.160 e. The first kappa shape index (κ1) is 17.9. The van der Waals surface area contributed by atoms with Crippen molar-refractivity contribution in [2.75, 3.05) is 0 Å². The third-order valence-electron chi connectivity index (χ3n) is 7.18. The molecule has 2 aromatic heterocycles. The van der Waals surface area contributed by atoms with Gasteiger partial charge in [0, 0.05) is 27.1 Å². The fourth-order valence-corrected chi connectivity index (χ4v) is 5.67. The molecule has 8 aromatic rings. The first-order valence-corrected chi connectivity index (χ1v) is 11.6. The summed E-state index contributed by atoms with van der Waals surface area (Å²) < 4.78 is 6.60. The Morgan fingerprint density at radius 3 is 2.09 bits per heavy atom. The number of rotatable bonds is 1. The highest BCUT2D eigenvalue weighted by Gasteiger charge is 2.20. The van der Waals surface area contributed by atoms with Crippen molar-refractivity contribution in [3.05, 3.63) is 109 Å². The van der Waals surface area contributed by atoms with E-state index in [0.29, 0.717) is 0 Å². The fraction of sp³-hybridized carbons (Fsp3) is 0. The van der Waals surface area contributed by atoms with E-state index in [2.05, 4.69) is 114 Å². The molecule has 0 aliphatic heterocycles. The lowest BCUT2D eigenvalue weighted by Gasteiger charge is -2.05. The summed E-state index contributed by atoms with van der Waals surface area (Å²) in [6.45, 7) is 0. The molecule has 0 aliphatic rings. The third-order valence-corrected chi connectivity index (χ3v) is 7.18. The normalized spacial score (nSPS) is 12.1. The molecule has 2 nitrogen and oxygen atoms in total. The van der Waals surface area contributed by atoms with Gasteiger partial charge in [0.2, 0.25) is 0 Å². The van der Waals surface area contributed by atoms with Crippen LogP contribution < -0.4 is 0 Å². The van der Waals surface area contributed by atoms with Gasteiger partial charge in [-0.3, -0.25) is 0 Å². The second kappa shape index (κ2) is 6.49. The minimum atomic E-state index is 0.926. The van der Waals surface area contributed by atoms with E-state index < -0.39 is 0 Å². The Bertz CT molecular complexity index is 2060. The van der Waals surface area contributed by atoms with Crippen molar-refractivity contribution in [1.29, 1.82) is 0 Å². The summed E-state index contributed by atoms with van der Waals surface area (Å²) in [5.41, 5.74) is 6.48. The van der Waals surface area contributed by atoms with Gasteiger partial charge < -0.3 is 9.40 Å². The molecule has 34 heavy (non-hydrogen) atoms. The predicted octanol–water partition coefficient (Wildman–Crippen LogP) is 9.19. The van der Waals surface area contributed by atoms with Crippen LogP contribution in [0.1, 0.15) is 0 Å². The first-order chi connectivity index (χ1) is 16.9. The van der Waals surface area contributed by atoms with Crippen LogP contribution in [0.3, 0.4) is 0 Å². The first-order valence-electron chi connectivity index (χ1n) is 11.6. The van der Waals surface area contributed by atoms with Crippen molar-refractivity contribution in [2.45, 2.75) is 0 Å². The number of hydrogen-bond acceptors (Lipinski definition) is 1. The average molecular weight is 434 g/mol. The van der Waals surface area contributed by atoms with E-state index >= 15 is 0 Å². The van der Waals surface area contributed by atoms with E-state index in [-0.39, 0.29) is 0 Å². The Balaban J connectivity index is 1.61. The zero-order chi connectivity index (χ0) is 22.2. The molecule has 1 N–H and O–H groups in total. The zero-order valence-corrected chi connectivity index (χ0v) is 18.3. The van der Waals surface area contributed by atoms with Gasteiger partial charge in [-0.25, -0.2) is 0 Å². The molecular formula is C32H19NO. The summed E-state index contributed by atoms with van der Waals surface area (Å²) in [6, 6.07) is 38.8. The fourth-order valence-electron chi connectivity index (χ4n) is 5.67. The number of hydrogen-bond donors (Lipinski definition) is 1. The third kappa shape index (κ3) is 2.29. The van der Waals surface area contributed by atoms with Crippen LogP contribution in [0, 0.1) is 0 Å². The Morgan fingerprint density at radius 2 is 1.24 bits per heavy atom.